The molecule has 0 atom stereocenters. The third-order valence-corrected chi connectivity index (χ3v) is 2.03. The molecule has 2 N–H and O–H groups in total. The Morgan fingerprint density at radius 3 is 2.36 bits per heavy atom. The molecule has 0 aromatic carbocycles. The summed E-state index contributed by atoms with van der Waals surface area (Å²) in [4.78, 5) is 11.0. The van der Waals surface area contributed by atoms with Crippen LogP contribution in [0.5, 0.6) is 0 Å². The van der Waals surface area contributed by atoms with E-state index in [9.17, 15) is 13.2 Å². The number of hydrogen-bond acceptors (Lipinski definition) is 4. The van der Waals surface area contributed by atoms with Crippen molar-refractivity contribution in [2.75, 3.05) is 12.8 Å². The van der Waals surface area contributed by atoms with E-state index in [-0.39, 0.29) is 6.42 Å². The lowest BCUT2D eigenvalue weighted by Gasteiger charge is -2.07. The molecular weight excluding hydrogens is 204 g/mol. The minimum absolute atomic E-state index is 0.229. The highest BCUT2D eigenvalue weighted by Gasteiger charge is 2.07. The van der Waals surface area contributed by atoms with Crippen LogP contribution in [0, 0.1) is 0 Å². The lowest BCUT2D eigenvalue weighted by atomic mass is 10.3. The van der Waals surface area contributed by atoms with Gasteiger partial charge in [-0.25, -0.2) is 8.42 Å². The average molecular weight is 222 g/mol. The summed E-state index contributed by atoms with van der Waals surface area (Å²) < 4.78 is 23.2. The summed E-state index contributed by atoms with van der Waals surface area (Å²) in [5.41, 5.74) is 0. The fraction of sp³-hybridized carbons (Fsp3) is 0.875. The molecule has 0 bridgehead atoms. The van der Waals surface area contributed by atoms with Gasteiger partial charge in [-0.15, -0.1) is 0 Å². The summed E-state index contributed by atoms with van der Waals surface area (Å²) in [6.07, 6.45) is 1.84. The average Bonchev–Trinajstić information content (AvgIpc) is 1.94. The van der Waals surface area contributed by atoms with Gasteiger partial charge in [0.2, 0.25) is 15.9 Å². The van der Waals surface area contributed by atoms with Crippen molar-refractivity contribution in [2.24, 2.45) is 0 Å². The highest BCUT2D eigenvalue weighted by molar-refractivity contribution is 7.89. The highest BCUT2D eigenvalue weighted by atomic mass is 32.2. The molecule has 0 aliphatic heterocycles. The number of carbonyl (C=O) groups is 1. The summed E-state index contributed by atoms with van der Waals surface area (Å²) in [5, 5.41) is 3.13. The first-order chi connectivity index (χ1) is 6.31. The van der Waals surface area contributed by atoms with E-state index in [1.807, 2.05) is 18.6 Å². The molecule has 84 valence electrons. The number of carbonyl (C=O) groups excluding carboxylic acids is 1. The minimum atomic E-state index is -3.40. The smallest absolute Gasteiger partial charge is 0.233 e. The van der Waals surface area contributed by atoms with E-state index in [4.69, 9.17) is 0 Å². The second-order valence-corrected chi connectivity index (χ2v) is 5.26. The second-order valence-electron chi connectivity index (χ2n) is 3.51. The van der Waals surface area contributed by atoms with Gasteiger partial charge in [0.15, 0.2) is 0 Å². The Balaban J connectivity index is 3.56. The van der Waals surface area contributed by atoms with Crippen molar-refractivity contribution in [3.63, 3.8) is 0 Å². The fourth-order valence-electron chi connectivity index (χ4n) is 0.897. The highest BCUT2D eigenvalue weighted by Crippen LogP contribution is 1.89. The Labute approximate surface area is 85.3 Å². The van der Waals surface area contributed by atoms with E-state index < -0.39 is 15.9 Å². The van der Waals surface area contributed by atoms with Crippen molar-refractivity contribution < 1.29 is 13.2 Å². The number of sulfonamides is 1. The van der Waals surface area contributed by atoms with Crippen molar-refractivity contribution in [2.45, 2.75) is 32.7 Å². The minimum Gasteiger partial charge on any atom is -0.315 e. The van der Waals surface area contributed by atoms with Gasteiger partial charge in [-0.2, -0.15) is 0 Å². The first kappa shape index (κ1) is 13.4. The van der Waals surface area contributed by atoms with Crippen LogP contribution in [0.2, 0.25) is 0 Å². The Morgan fingerprint density at radius 1 is 1.36 bits per heavy atom. The van der Waals surface area contributed by atoms with E-state index in [2.05, 4.69) is 5.32 Å². The molecule has 0 heterocycles. The van der Waals surface area contributed by atoms with Gasteiger partial charge in [0.25, 0.3) is 0 Å². The van der Waals surface area contributed by atoms with E-state index in [0.717, 1.165) is 12.8 Å². The molecule has 0 fully saturated rings. The molecule has 0 spiro atoms. The predicted octanol–water partition coefficient (Wildman–Crippen LogP) is -0.160. The number of rotatable bonds is 6. The molecule has 0 aromatic rings. The van der Waals surface area contributed by atoms with Crippen LogP contribution in [-0.4, -0.2) is 33.2 Å². The van der Waals surface area contributed by atoms with Gasteiger partial charge in [-0.05, 0) is 13.0 Å². The summed E-state index contributed by atoms with van der Waals surface area (Å²) in [6.45, 7) is 4.74. The maximum atomic E-state index is 11.0. The van der Waals surface area contributed by atoms with Crippen molar-refractivity contribution in [3.8, 4) is 0 Å². The first-order valence-electron chi connectivity index (χ1n) is 4.55. The molecule has 0 aromatic heterocycles. The van der Waals surface area contributed by atoms with E-state index >= 15 is 0 Å². The fourth-order valence-corrected chi connectivity index (χ4v) is 1.41. The second kappa shape index (κ2) is 5.98. The topological polar surface area (TPSA) is 75.3 Å². The standard InChI is InChI=1S/C8H18N2O3S/c1-7(2)9-6-4-5-8(11)10-14(3,12)13/h7,9H,4-6H2,1-3H3,(H,10,11). The van der Waals surface area contributed by atoms with Crippen LogP contribution < -0.4 is 10.0 Å². The SMILES string of the molecule is CC(C)NCCCC(=O)NS(C)(=O)=O. The van der Waals surface area contributed by atoms with Gasteiger partial charge in [0, 0.05) is 12.5 Å². The predicted molar refractivity (Wildman–Crippen MR) is 55.4 cm³/mol. The van der Waals surface area contributed by atoms with Crippen LogP contribution in [-0.2, 0) is 14.8 Å². The molecule has 0 unspecified atom stereocenters. The molecule has 14 heavy (non-hydrogen) atoms. The normalized spacial score (nSPS) is 11.7. The van der Waals surface area contributed by atoms with Crippen molar-refractivity contribution >= 4 is 15.9 Å². The van der Waals surface area contributed by atoms with Crippen LogP contribution >= 0.6 is 0 Å². The van der Waals surface area contributed by atoms with Crippen LogP contribution in [0.1, 0.15) is 26.7 Å². The maximum absolute atomic E-state index is 11.0. The van der Waals surface area contributed by atoms with Gasteiger partial charge in [-0.1, -0.05) is 13.8 Å². The van der Waals surface area contributed by atoms with Crippen LogP contribution in [0.4, 0.5) is 0 Å². The van der Waals surface area contributed by atoms with Crippen molar-refractivity contribution in [1.29, 1.82) is 0 Å². The molecular formula is C8H18N2O3S. The molecule has 0 aliphatic rings. The number of amides is 1. The van der Waals surface area contributed by atoms with Gasteiger partial charge < -0.3 is 5.32 Å². The summed E-state index contributed by atoms with van der Waals surface area (Å²) in [6, 6.07) is 0.382. The molecule has 0 saturated heterocycles. The van der Waals surface area contributed by atoms with Crippen LogP contribution in [0.3, 0.4) is 0 Å². The first-order valence-corrected chi connectivity index (χ1v) is 6.44. The zero-order valence-electron chi connectivity index (χ0n) is 8.83. The summed E-state index contributed by atoms with van der Waals surface area (Å²) >= 11 is 0. The summed E-state index contributed by atoms with van der Waals surface area (Å²) in [5.74, 6) is -0.446. The molecule has 0 rings (SSSR count). The Kier molecular flexibility index (Phi) is 5.71. The van der Waals surface area contributed by atoms with Crippen LogP contribution in [0.15, 0.2) is 0 Å². The van der Waals surface area contributed by atoms with E-state index in [1.54, 1.807) is 0 Å². The number of hydrogen-bond donors (Lipinski definition) is 2. The molecule has 0 saturated carbocycles. The lowest BCUT2D eigenvalue weighted by molar-refractivity contribution is -0.119. The van der Waals surface area contributed by atoms with E-state index in [1.165, 1.54) is 0 Å². The van der Waals surface area contributed by atoms with Crippen molar-refractivity contribution in [1.82, 2.24) is 10.0 Å². The Bertz CT molecular complexity index is 272. The van der Waals surface area contributed by atoms with Gasteiger partial charge in [0.05, 0.1) is 6.26 Å². The third-order valence-electron chi connectivity index (χ3n) is 1.43. The maximum Gasteiger partial charge on any atom is 0.233 e. The monoisotopic (exact) mass is 222 g/mol. The third kappa shape index (κ3) is 9.47. The zero-order valence-corrected chi connectivity index (χ0v) is 9.65. The Morgan fingerprint density at radius 2 is 1.93 bits per heavy atom. The van der Waals surface area contributed by atoms with E-state index in [0.29, 0.717) is 12.5 Å². The van der Waals surface area contributed by atoms with Gasteiger partial charge in [0.1, 0.15) is 0 Å². The quantitative estimate of drug-likeness (QED) is 0.612. The lowest BCUT2D eigenvalue weighted by Crippen LogP contribution is -2.30. The van der Waals surface area contributed by atoms with Gasteiger partial charge in [-0.3, -0.25) is 9.52 Å². The molecule has 0 radical (unpaired) electrons. The summed E-state index contributed by atoms with van der Waals surface area (Å²) in [7, 11) is -3.40. The molecule has 5 nitrogen and oxygen atoms in total. The Hall–Kier alpha value is -0.620. The molecule has 6 heteroatoms. The van der Waals surface area contributed by atoms with Crippen LogP contribution in [0.25, 0.3) is 0 Å². The largest absolute Gasteiger partial charge is 0.315 e. The zero-order chi connectivity index (χ0) is 11.2. The molecule has 1 amide bonds. The number of nitrogens with one attached hydrogen (secondary N) is 2. The van der Waals surface area contributed by atoms with Crippen molar-refractivity contribution in [3.05, 3.63) is 0 Å². The van der Waals surface area contributed by atoms with Gasteiger partial charge >= 0.3 is 0 Å². The molecule has 0 aliphatic carbocycles.